The van der Waals surface area contributed by atoms with Crippen molar-refractivity contribution in [2.45, 2.75) is 9.92 Å². The van der Waals surface area contributed by atoms with E-state index in [0.717, 1.165) is 30.0 Å². The second-order valence-electron chi connectivity index (χ2n) is 3.06. The summed E-state index contributed by atoms with van der Waals surface area (Å²) in [5.74, 6) is -0.944. The van der Waals surface area contributed by atoms with Gasteiger partial charge in [0.25, 0.3) is 0 Å². The van der Waals surface area contributed by atoms with Crippen LogP contribution in [-0.2, 0) is 0 Å². The number of benzene rings is 1. The average molecular weight is 318 g/mol. The van der Waals surface area contributed by atoms with Gasteiger partial charge in [-0.05, 0) is 34.1 Å². The maximum absolute atomic E-state index is 13.4. The number of anilines is 1. The highest BCUT2D eigenvalue weighted by atomic mass is 79.9. The van der Waals surface area contributed by atoms with Gasteiger partial charge >= 0.3 is 0 Å². The van der Waals surface area contributed by atoms with Crippen LogP contribution in [0, 0.1) is 11.6 Å². The molecule has 0 radical (unpaired) electrons. The van der Waals surface area contributed by atoms with E-state index in [-0.39, 0.29) is 10.8 Å². The van der Waals surface area contributed by atoms with Crippen LogP contribution in [0.3, 0.4) is 0 Å². The Kier molecular flexibility index (Phi) is 3.58. The van der Waals surface area contributed by atoms with Gasteiger partial charge in [0.05, 0.1) is 9.37 Å². The maximum Gasteiger partial charge on any atom is 0.221 e. The van der Waals surface area contributed by atoms with Gasteiger partial charge in [-0.2, -0.15) is 0 Å². The molecule has 0 spiro atoms. The summed E-state index contributed by atoms with van der Waals surface area (Å²) in [6, 6.07) is 3.23. The SMILES string of the molecule is Nc1ncc(Br)c(Sc2cc(F)ccc2F)n1. The van der Waals surface area contributed by atoms with Crippen molar-refractivity contribution < 1.29 is 8.78 Å². The van der Waals surface area contributed by atoms with Crippen molar-refractivity contribution >= 4 is 33.6 Å². The maximum atomic E-state index is 13.4. The molecule has 0 aliphatic rings. The first kappa shape index (κ1) is 12.3. The van der Waals surface area contributed by atoms with Crippen molar-refractivity contribution in [1.29, 1.82) is 0 Å². The van der Waals surface area contributed by atoms with Crippen LogP contribution >= 0.6 is 27.7 Å². The quantitative estimate of drug-likeness (QED) is 0.864. The first-order chi connectivity index (χ1) is 8.06. The number of rotatable bonds is 2. The summed E-state index contributed by atoms with van der Waals surface area (Å²) in [5.41, 5.74) is 5.42. The van der Waals surface area contributed by atoms with Gasteiger partial charge in [-0.1, -0.05) is 11.8 Å². The Bertz CT molecular complexity index is 516. The van der Waals surface area contributed by atoms with Crippen molar-refractivity contribution in [3.8, 4) is 0 Å². The molecule has 0 amide bonds. The number of halogens is 3. The first-order valence-electron chi connectivity index (χ1n) is 4.47. The molecule has 0 atom stereocenters. The van der Waals surface area contributed by atoms with E-state index in [1.54, 1.807) is 0 Å². The zero-order chi connectivity index (χ0) is 12.4. The smallest absolute Gasteiger partial charge is 0.221 e. The molecule has 17 heavy (non-hydrogen) atoms. The van der Waals surface area contributed by atoms with Gasteiger partial charge in [0.1, 0.15) is 16.7 Å². The summed E-state index contributed by atoms with van der Waals surface area (Å²) in [4.78, 5) is 7.83. The Morgan fingerprint density at radius 3 is 2.82 bits per heavy atom. The fraction of sp³-hybridized carbons (Fsp3) is 0. The summed E-state index contributed by atoms with van der Waals surface area (Å²) in [5, 5.41) is 0.432. The van der Waals surface area contributed by atoms with Crippen molar-refractivity contribution in [3.05, 3.63) is 40.5 Å². The molecular formula is C10H6BrF2N3S. The topological polar surface area (TPSA) is 51.8 Å². The van der Waals surface area contributed by atoms with Crippen LogP contribution in [0.5, 0.6) is 0 Å². The van der Waals surface area contributed by atoms with Crippen LogP contribution in [0.1, 0.15) is 0 Å². The van der Waals surface area contributed by atoms with E-state index in [1.165, 1.54) is 6.20 Å². The van der Waals surface area contributed by atoms with Crippen LogP contribution in [0.25, 0.3) is 0 Å². The van der Waals surface area contributed by atoms with Crippen LogP contribution in [0.15, 0.2) is 38.8 Å². The average Bonchev–Trinajstić information content (AvgIpc) is 2.28. The van der Waals surface area contributed by atoms with Crippen molar-refractivity contribution in [2.75, 3.05) is 5.73 Å². The largest absolute Gasteiger partial charge is 0.368 e. The molecule has 0 unspecified atom stereocenters. The number of nitrogens with two attached hydrogens (primary N) is 1. The Morgan fingerprint density at radius 2 is 2.06 bits per heavy atom. The lowest BCUT2D eigenvalue weighted by atomic mass is 10.3. The normalized spacial score (nSPS) is 10.5. The monoisotopic (exact) mass is 317 g/mol. The molecule has 2 N–H and O–H groups in total. The number of hydrogen-bond acceptors (Lipinski definition) is 4. The molecule has 0 saturated heterocycles. The van der Waals surface area contributed by atoms with Gasteiger partial charge in [0.15, 0.2) is 0 Å². The van der Waals surface area contributed by atoms with Crippen molar-refractivity contribution in [3.63, 3.8) is 0 Å². The second kappa shape index (κ2) is 4.97. The lowest BCUT2D eigenvalue weighted by molar-refractivity contribution is 0.577. The molecular weight excluding hydrogens is 312 g/mol. The minimum atomic E-state index is -0.513. The molecule has 1 aromatic heterocycles. The lowest BCUT2D eigenvalue weighted by Crippen LogP contribution is -1.96. The molecule has 2 rings (SSSR count). The van der Waals surface area contributed by atoms with Gasteiger partial charge in [-0.25, -0.2) is 18.7 Å². The van der Waals surface area contributed by atoms with E-state index in [4.69, 9.17) is 5.73 Å². The highest BCUT2D eigenvalue weighted by molar-refractivity contribution is 9.10. The summed E-state index contributed by atoms with van der Waals surface area (Å²) in [6.45, 7) is 0. The Hall–Kier alpha value is -1.21. The zero-order valence-corrected chi connectivity index (χ0v) is 10.7. The first-order valence-corrected chi connectivity index (χ1v) is 6.08. The fourth-order valence-electron chi connectivity index (χ4n) is 1.10. The minimum absolute atomic E-state index is 0.0764. The molecule has 1 aromatic carbocycles. The summed E-state index contributed by atoms with van der Waals surface area (Å²) in [7, 11) is 0. The van der Waals surface area contributed by atoms with E-state index in [9.17, 15) is 8.78 Å². The van der Waals surface area contributed by atoms with Gasteiger partial charge < -0.3 is 5.73 Å². The number of aromatic nitrogens is 2. The third kappa shape index (κ3) is 2.92. The van der Waals surface area contributed by atoms with E-state index in [2.05, 4.69) is 25.9 Å². The molecule has 0 fully saturated rings. The van der Waals surface area contributed by atoms with E-state index >= 15 is 0 Å². The zero-order valence-electron chi connectivity index (χ0n) is 8.32. The van der Waals surface area contributed by atoms with Crippen LogP contribution in [0.2, 0.25) is 0 Å². The summed E-state index contributed by atoms with van der Waals surface area (Å²) >= 11 is 4.19. The molecule has 1 heterocycles. The van der Waals surface area contributed by atoms with Crippen LogP contribution in [-0.4, -0.2) is 9.97 Å². The molecule has 0 saturated carbocycles. The Balaban J connectivity index is 2.37. The molecule has 3 nitrogen and oxygen atoms in total. The van der Waals surface area contributed by atoms with E-state index < -0.39 is 11.6 Å². The number of nitrogen functional groups attached to an aromatic ring is 1. The van der Waals surface area contributed by atoms with Gasteiger partial charge in [0, 0.05) is 6.20 Å². The minimum Gasteiger partial charge on any atom is -0.368 e. The van der Waals surface area contributed by atoms with Gasteiger partial charge in [-0.15, -0.1) is 0 Å². The molecule has 0 aliphatic heterocycles. The highest BCUT2D eigenvalue weighted by Gasteiger charge is 2.10. The molecule has 0 aliphatic carbocycles. The Morgan fingerprint density at radius 1 is 1.29 bits per heavy atom. The number of nitrogens with zero attached hydrogens (tertiary/aromatic N) is 2. The third-order valence-corrected chi connectivity index (χ3v) is 3.71. The fourth-order valence-corrected chi connectivity index (χ4v) is 2.36. The Labute approximate surface area is 109 Å². The van der Waals surface area contributed by atoms with Gasteiger partial charge in [-0.3, -0.25) is 0 Å². The lowest BCUT2D eigenvalue weighted by Gasteiger charge is -2.05. The molecule has 88 valence electrons. The predicted molar refractivity (Wildman–Crippen MR) is 64.6 cm³/mol. The predicted octanol–water partition coefficient (Wildman–Crippen LogP) is 3.25. The molecule has 7 heteroatoms. The molecule has 2 aromatic rings. The van der Waals surface area contributed by atoms with Gasteiger partial charge in [0.2, 0.25) is 5.95 Å². The number of hydrogen-bond donors (Lipinski definition) is 1. The van der Waals surface area contributed by atoms with E-state index in [1.807, 2.05) is 0 Å². The summed E-state index contributed by atoms with van der Waals surface area (Å²) in [6.07, 6.45) is 1.46. The summed E-state index contributed by atoms with van der Waals surface area (Å²) < 4.78 is 27.0. The standard InChI is InChI=1S/C10H6BrF2N3S/c11-6-4-15-10(14)16-9(6)17-8-3-5(12)1-2-7(8)13/h1-4H,(H2,14,15,16). The van der Waals surface area contributed by atoms with Crippen molar-refractivity contribution in [2.24, 2.45) is 0 Å². The second-order valence-corrected chi connectivity index (χ2v) is 4.94. The van der Waals surface area contributed by atoms with Crippen LogP contribution < -0.4 is 5.73 Å². The third-order valence-electron chi connectivity index (χ3n) is 1.83. The van der Waals surface area contributed by atoms with Crippen LogP contribution in [0.4, 0.5) is 14.7 Å². The highest BCUT2D eigenvalue weighted by Crippen LogP contribution is 2.33. The van der Waals surface area contributed by atoms with Crippen molar-refractivity contribution in [1.82, 2.24) is 9.97 Å². The van der Waals surface area contributed by atoms with E-state index in [0.29, 0.717) is 9.50 Å². The molecule has 0 bridgehead atoms.